The number of halogens is 3. The molecule has 5 aromatic rings. The van der Waals surface area contributed by atoms with E-state index < -0.39 is 24.9 Å². The largest absolute Gasteiger partial charge is 0.478 e. The van der Waals surface area contributed by atoms with E-state index in [4.69, 9.17) is 5.11 Å². The van der Waals surface area contributed by atoms with Crippen LogP contribution < -0.4 is 10.6 Å². The Balaban J connectivity index is 1.54. The molecule has 0 aliphatic rings. The molecule has 0 unspecified atom stereocenters. The van der Waals surface area contributed by atoms with Crippen molar-refractivity contribution >= 4 is 35.2 Å². The normalized spacial score (nSPS) is 11.9. The number of nitrogens with zero attached hydrogens (tertiary/aromatic N) is 1. The van der Waals surface area contributed by atoms with Crippen LogP contribution in [0.4, 0.5) is 13.2 Å². The van der Waals surface area contributed by atoms with Crippen LogP contribution >= 0.6 is 7.14 Å². The van der Waals surface area contributed by atoms with Crippen LogP contribution in [-0.2, 0) is 23.8 Å². The van der Waals surface area contributed by atoms with Crippen LogP contribution in [0.15, 0.2) is 97.2 Å². The number of hydrogen-bond acceptors (Lipinski definition) is 3. The molecule has 2 N–H and O–H groups in total. The molecule has 220 valence electrons. The fourth-order valence-electron chi connectivity index (χ4n) is 4.88. The van der Waals surface area contributed by atoms with E-state index in [0.29, 0.717) is 27.5 Å². The number of hydrogen-bond donors (Lipinski definition) is 2. The molecule has 43 heavy (non-hydrogen) atoms. The zero-order chi connectivity index (χ0) is 30.9. The van der Waals surface area contributed by atoms with Gasteiger partial charge in [0.05, 0.1) is 22.2 Å². The smallest absolute Gasteiger partial charge is 0.416 e. The molecule has 1 amide bonds. The summed E-state index contributed by atoms with van der Waals surface area (Å²) in [6, 6.07) is 24.0. The van der Waals surface area contributed by atoms with Crippen molar-refractivity contribution in [1.29, 1.82) is 0 Å². The van der Waals surface area contributed by atoms with Crippen molar-refractivity contribution in [1.82, 2.24) is 9.88 Å². The molecule has 10 heteroatoms. The summed E-state index contributed by atoms with van der Waals surface area (Å²) >= 11 is 0. The zero-order valence-electron chi connectivity index (χ0n) is 23.4. The Morgan fingerprint density at radius 3 is 2.16 bits per heavy atom. The van der Waals surface area contributed by atoms with Gasteiger partial charge in [0.2, 0.25) is 0 Å². The first-order chi connectivity index (χ1) is 20.3. The Labute approximate surface area is 246 Å². The number of carbonyl (C=O) groups excluding carboxylic acids is 1. The first kappa shape index (κ1) is 29.9. The van der Waals surface area contributed by atoms with E-state index in [9.17, 15) is 27.3 Å². The summed E-state index contributed by atoms with van der Waals surface area (Å²) in [7, 11) is -2.54. The number of fused-ring (bicyclic) bond motifs is 1. The van der Waals surface area contributed by atoms with E-state index >= 15 is 0 Å². The molecule has 1 heterocycles. The fourth-order valence-corrected chi connectivity index (χ4v) is 5.77. The lowest BCUT2D eigenvalue weighted by molar-refractivity contribution is -0.137. The van der Waals surface area contributed by atoms with Crippen molar-refractivity contribution in [2.75, 3.05) is 13.3 Å². The quantitative estimate of drug-likeness (QED) is 0.183. The second-order valence-electron chi connectivity index (χ2n) is 10.7. The third kappa shape index (κ3) is 6.73. The molecule has 5 rings (SSSR count). The number of benzene rings is 4. The molecular weight excluding hydrogens is 576 g/mol. The van der Waals surface area contributed by atoms with Crippen molar-refractivity contribution in [3.63, 3.8) is 0 Å². The SMILES string of the molecule is CP(C)(=O)c1cccc(-c2cc(C(=O)NCc3ccc(C(=O)O)cc3)c3c(ccn3Cc3ccc(C(F)(F)F)cc3)c2)c1. The number of aromatic carboxylic acids is 1. The van der Waals surface area contributed by atoms with Crippen molar-refractivity contribution in [3.05, 3.63) is 125 Å². The molecule has 0 aliphatic heterocycles. The lowest BCUT2D eigenvalue weighted by atomic mass is 9.99. The molecule has 0 bridgehead atoms. The fraction of sp³-hybridized carbons (Fsp3) is 0.152. The monoisotopic (exact) mass is 604 g/mol. The summed E-state index contributed by atoms with van der Waals surface area (Å²) in [5, 5.41) is 13.5. The van der Waals surface area contributed by atoms with Gasteiger partial charge < -0.3 is 19.6 Å². The van der Waals surface area contributed by atoms with E-state index in [1.165, 1.54) is 24.3 Å². The number of aromatic nitrogens is 1. The van der Waals surface area contributed by atoms with Gasteiger partial charge in [-0.3, -0.25) is 4.79 Å². The van der Waals surface area contributed by atoms with Crippen LogP contribution in [0.2, 0.25) is 0 Å². The molecule has 0 radical (unpaired) electrons. The van der Waals surface area contributed by atoms with Gasteiger partial charge >= 0.3 is 12.1 Å². The van der Waals surface area contributed by atoms with Gasteiger partial charge in [-0.25, -0.2) is 4.79 Å². The Morgan fingerprint density at radius 2 is 1.53 bits per heavy atom. The van der Waals surface area contributed by atoms with Crippen LogP contribution in [0.1, 0.15) is 37.4 Å². The third-order valence-corrected chi connectivity index (χ3v) is 8.72. The van der Waals surface area contributed by atoms with Gasteiger partial charge in [-0.15, -0.1) is 0 Å². The second-order valence-corrected chi connectivity index (χ2v) is 13.9. The van der Waals surface area contributed by atoms with Crippen molar-refractivity contribution in [2.45, 2.75) is 19.3 Å². The predicted molar refractivity (Wildman–Crippen MR) is 162 cm³/mol. The standard InChI is InChI=1S/C33H28F3N2O4P/c1-43(2,42)28-5-3-4-24(17-28)26-16-25-14-15-38(20-22-8-12-27(13-9-22)33(34,35)36)30(25)29(18-26)31(39)37-19-21-6-10-23(11-7-21)32(40)41/h3-18H,19-20H2,1-2H3,(H,37,39)(H,40,41). The van der Waals surface area contributed by atoms with Gasteiger partial charge in [0, 0.05) is 30.0 Å². The number of carboxylic acid groups (broad SMARTS) is 1. The Hall–Kier alpha value is -4.62. The summed E-state index contributed by atoms with van der Waals surface area (Å²) < 4.78 is 53.8. The summed E-state index contributed by atoms with van der Waals surface area (Å²) in [4.78, 5) is 24.9. The number of nitrogens with one attached hydrogen (secondary N) is 1. The molecular formula is C33H28F3N2O4P. The lowest BCUT2D eigenvalue weighted by Gasteiger charge is -2.15. The van der Waals surface area contributed by atoms with Crippen LogP contribution in [0, 0.1) is 0 Å². The van der Waals surface area contributed by atoms with E-state index in [-0.39, 0.29) is 24.6 Å². The van der Waals surface area contributed by atoms with E-state index in [2.05, 4.69) is 5.32 Å². The van der Waals surface area contributed by atoms with Crippen LogP contribution in [0.3, 0.4) is 0 Å². The topological polar surface area (TPSA) is 88.4 Å². The number of carbonyl (C=O) groups is 2. The average molecular weight is 605 g/mol. The molecule has 0 saturated carbocycles. The van der Waals surface area contributed by atoms with Gasteiger partial charge in [-0.1, -0.05) is 42.5 Å². The van der Waals surface area contributed by atoms with Gasteiger partial charge in [-0.05, 0) is 84.1 Å². The Morgan fingerprint density at radius 1 is 0.860 bits per heavy atom. The molecule has 1 aromatic heterocycles. The number of carboxylic acids is 1. The van der Waals surface area contributed by atoms with E-state index in [0.717, 1.165) is 28.6 Å². The third-order valence-electron chi connectivity index (χ3n) is 7.19. The number of alkyl halides is 3. The number of rotatable bonds is 8. The van der Waals surface area contributed by atoms with Crippen LogP contribution in [0.25, 0.3) is 22.0 Å². The Bertz CT molecular complexity index is 1870. The van der Waals surface area contributed by atoms with E-state index in [1.807, 2.05) is 41.0 Å². The summed E-state index contributed by atoms with van der Waals surface area (Å²) in [5.74, 6) is -1.43. The molecule has 6 nitrogen and oxygen atoms in total. The minimum absolute atomic E-state index is 0.136. The first-order valence-corrected chi connectivity index (χ1v) is 16.0. The molecule has 0 saturated heterocycles. The summed E-state index contributed by atoms with van der Waals surface area (Å²) in [5.41, 5.74) is 3.23. The van der Waals surface area contributed by atoms with Gasteiger partial charge in [0.15, 0.2) is 0 Å². The highest BCUT2D eigenvalue weighted by molar-refractivity contribution is 7.70. The van der Waals surface area contributed by atoms with Crippen molar-refractivity contribution in [2.24, 2.45) is 0 Å². The van der Waals surface area contributed by atoms with Gasteiger partial charge in [0.1, 0.15) is 7.14 Å². The summed E-state index contributed by atoms with van der Waals surface area (Å²) in [6.07, 6.45) is -2.65. The highest BCUT2D eigenvalue weighted by Crippen LogP contribution is 2.37. The molecule has 0 fully saturated rings. The zero-order valence-corrected chi connectivity index (χ0v) is 24.2. The first-order valence-electron chi connectivity index (χ1n) is 13.3. The minimum Gasteiger partial charge on any atom is -0.478 e. The maximum atomic E-state index is 13.7. The molecule has 0 spiro atoms. The maximum absolute atomic E-state index is 13.7. The molecule has 4 aromatic carbocycles. The molecule has 0 atom stereocenters. The Kier molecular flexibility index (Phi) is 8.04. The van der Waals surface area contributed by atoms with Crippen LogP contribution in [-0.4, -0.2) is 34.9 Å². The predicted octanol–water partition coefficient (Wildman–Crippen LogP) is 7.25. The lowest BCUT2D eigenvalue weighted by Crippen LogP contribution is -2.23. The summed E-state index contributed by atoms with van der Waals surface area (Å²) in [6.45, 7) is 3.77. The maximum Gasteiger partial charge on any atom is 0.416 e. The highest BCUT2D eigenvalue weighted by Gasteiger charge is 2.30. The second kappa shape index (κ2) is 11.6. The minimum atomic E-state index is -4.44. The number of amides is 1. The van der Waals surface area contributed by atoms with Crippen molar-refractivity contribution < 1.29 is 32.4 Å². The van der Waals surface area contributed by atoms with Crippen molar-refractivity contribution in [3.8, 4) is 11.1 Å². The molecule has 0 aliphatic carbocycles. The van der Waals surface area contributed by atoms with E-state index in [1.54, 1.807) is 37.7 Å². The van der Waals surface area contributed by atoms with Crippen LogP contribution in [0.5, 0.6) is 0 Å². The highest BCUT2D eigenvalue weighted by atomic mass is 31.2. The van der Waals surface area contributed by atoms with Gasteiger partial charge in [0.25, 0.3) is 5.91 Å². The van der Waals surface area contributed by atoms with Gasteiger partial charge in [-0.2, -0.15) is 13.2 Å². The average Bonchev–Trinajstić information content (AvgIpc) is 3.37.